The summed E-state index contributed by atoms with van der Waals surface area (Å²) < 4.78 is 0. The van der Waals surface area contributed by atoms with Gasteiger partial charge in [0.05, 0.1) is 11.2 Å². The van der Waals surface area contributed by atoms with Gasteiger partial charge in [0.15, 0.2) is 0 Å². The lowest BCUT2D eigenvalue weighted by atomic mass is 10.1. The molecule has 1 amide bonds. The minimum atomic E-state index is -0.931. The zero-order chi connectivity index (χ0) is 16.2. The van der Waals surface area contributed by atoms with Gasteiger partial charge in [0.1, 0.15) is 5.03 Å². The van der Waals surface area contributed by atoms with Gasteiger partial charge in [0.2, 0.25) is 0 Å². The fraction of sp³-hybridized carbons (Fsp3) is 0.294. The number of likely N-dealkylation sites (N-methyl/N-ethyl adjacent to an activating group) is 1. The van der Waals surface area contributed by atoms with Crippen LogP contribution in [0.3, 0.4) is 0 Å². The van der Waals surface area contributed by atoms with Crippen LogP contribution < -0.4 is 0 Å². The van der Waals surface area contributed by atoms with Crippen LogP contribution >= 0.6 is 11.8 Å². The fourth-order valence-electron chi connectivity index (χ4n) is 2.09. The summed E-state index contributed by atoms with van der Waals surface area (Å²) in [7, 11) is 1.68. The maximum absolute atomic E-state index is 12.6. The monoisotopic (exact) mass is 316 g/mol. The Hall–Kier alpha value is -1.85. The van der Waals surface area contributed by atoms with E-state index in [1.54, 1.807) is 39.2 Å². The van der Waals surface area contributed by atoms with Crippen LogP contribution in [-0.2, 0) is 0 Å². The van der Waals surface area contributed by atoms with Gasteiger partial charge in [-0.05, 0) is 38.1 Å². The Balaban J connectivity index is 2.23. The van der Waals surface area contributed by atoms with Crippen molar-refractivity contribution < 1.29 is 9.90 Å². The molecule has 0 bridgehead atoms. The average molecular weight is 316 g/mol. The number of nitrogens with zero attached hydrogens (tertiary/aromatic N) is 2. The predicted molar refractivity (Wildman–Crippen MR) is 88.1 cm³/mol. The molecule has 0 saturated carbocycles. The van der Waals surface area contributed by atoms with Crippen LogP contribution in [0, 0.1) is 0 Å². The molecule has 0 aliphatic rings. The summed E-state index contributed by atoms with van der Waals surface area (Å²) in [6, 6.07) is 13.3. The topological polar surface area (TPSA) is 53.4 Å². The van der Waals surface area contributed by atoms with Crippen LogP contribution in [0.4, 0.5) is 0 Å². The third kappa shape index (κ3) is 4.58. The maximum Gasteiger partial charge on any atom is 0.256 e. The molecule has 0 radical (unpaired) electrons. The lowest BCUT2D eigenvalue weighted by Gasteiger charge is -2.26. The standard InChI is InChI=1S/C17H20N2O2S/c1-17(2,21)12-19(3)16(20)14-10-7-11-18-15(14)22-13-8-5-4-6-9-13/h4-11,21H,12H2,1-3H3. The Morgan fingerprint density at radius 3 is 2.55 bits per heavy atom. The summed E-state index contributed by atoms with van der Waals surface area (Å²) in [5, 5.41) is 10.5. The van der Waals surface area contributed by atoms with E-state index in [0.29, 0.717) is 10.6 Å². The molecule has 0 unspecified atom stereocenters. The molecule has 5 heteroatoms. The number of hydrogen-bond acceptors (Lipinski definition) is 4. The van der Waals surface area contributed by atoms with E-state index in [9.17, 15) is 9.90 Å². The van der Waals surface area contributed by atoms with E-state index in [2.05, 4.69) is 4.98 Å². The van der Waals surface area contributed by atoms with Gasteiger partial charge in [-0.25, -0.2) is 4.98 Å². The van der Waals surface area contributed by atoms with Gasteiger partial charge in [0.25, 0.3) is 5.91 Å². The van der Waals surface area contributed by atoms with Crippen LogP contribution in [0.1, 0.15) is 24.2 Å². The van der Waals surface area contributed by atoms with Crippen molar-refractivity contribution in [3.05, 3.63) is 54.2 Å². The van der Waals surface area contributed by atoms with Crippen molar-refractivity contribution in [1.29, 1.82) is 0 Å². The number of carbonyl (C=O) groups excluding carboxylic acids is 1. The highest BCUT2D eigenvalue weighted by molar-refractivity contribution is 7.99. The lowest BCUT2D eigenvalue weighted by molar-refractivity contribution is 0.0365. The molecule has 0 fully saturated rings. The highest BCUT2D eigenvalue weighted by atomic mass is 32.2. The molecular formula is C17H20N2O2S. The smallest absolute Gasteiger partial charge is 0.256 e. The van der Waals surface area contributed by atoms with E-state index >= 15 is 0 Å². The Bertz CT molecular complexity index is 639. The summed E-state index contributed by atoms with van der Waals surface area (Å²) >= 11 is 1.46. The van der Waals surface area contributed by atoms with Gasteiger partial charge in [-0.15, -0.1) is 0 Å². The number of pyridine rings is 1. The summed E-state index contributed by atoms with van der Waals surface area (Å²) in [5.74, 6) is -0.145. The van der Waals surface area contributed by atoms with Gasteiger partial charge in [-0.2, -0.15) is 0 Å². The number of benzene rings is 1. The Morgan fingerprint density at radius 1 is 1.23 bits per heavy atom. The molecule has 22 heavy (non-hydrogen) atoms. The Labute approximate surface area is 135 Å². The highest BCUT2D eigenvalue weighted by Gasteiger charge is 2.22. The SMILES string of the molecule is CN(CC(C)(C)O)C(=O)c1cccnc1Sc1ccccc1. The van der Waals surface area contributed by atoms with Gasteiger partial charge >= 0.3 is 0 Å². The second-order valence-electron chi connectivity index (χ2n) is 5.74. The molecular weight excluding hydrogens is 296 g/mol. The summed E-state index contributed by atoms with van der Waals surface area (Å²) in [4.78, 5) is 19.5. The minimum absolute atomic E-state index is 0.145. The number of carbonyl (C=O) groups is 1. The third-order valence-corrected chi connectivity index (χ3v) is 3.96. The lowest BCUT2D eigenvalue weighted by Crippen LogP contribution is -2.39. The summed E-state index contributed by atoms with van der Waals surface area (Å²) in [5.41, 5.74) is -0.387. The van der Waals surface area contributed by atoms with Gasteiger partial charge in [-0.3, -0.25) is 4.79 Å². The number of aromatic nitrogens is 1. The molecule has 1 heterocycles. The molecule has 0 saturated heterocycles. The molecule has 116 valence electrons. The van der Waals surface area contributed by atoms with Crippen molar-refractivity contribution in [3.63, 3.8) is 0 Å². The third-order valence-electron chi connectivity index (χ3n) is 2.93. The predicted octanol–water partition coefficient (Wildman–Crippen LogP) is 3.08. The van der Waals surface area contributed by atoms with E-state index < -0.39 is 5.60 Å². The molecule has 4 nitrogen and oxygen atoms in total. The normalized spacial score (nSPS) is 11.3. The molecule has 1 aromatic heterocycles. The molecule has 1 N–H and O–H groups in total. The first kappa shape index (κ1) is 16.5. The number of aliphatic hydroxyl groups is 1. The van der Waals surface area contributed by atoms with E-state index in [1.807, 2.05) is 30.3 Å². The van der Waals surface area contributed by atoms with Crippen LogP contribution in [-0.4, -0.2) is 40.1 Å². The fourth-order valence-corrected chi connectivity index (χ4v) is 2.99. The second-order valence-corrected chi connectivity index (χ2v) is 6.81. The first-order chi connectivity index (χ1) is 10.4. The largest absolute Gasteiger partial charge is 0.389 e. The van der Waals surface area contributed by atoms with Crippen molar-refractivity contribution in [3.8, 4) is 0 Å². The zero-order valence-corrected chi connectivity index (χ0v) is 13.8. The summed E-state index contributed by atoms with van der Waals surface area (Å²) in [6.45, 7) is 3.62. The van der Waals surface area contributed by atoms with Gasteiger partial charge in [-0.1, -0.05) is 30.0 Å². The van der Waals surface area contributed by atoms with E-state index in [1.165, 1.54) is 16.7 Å². The molecule has 0 aliphatic heterocycles. The first-order valence-electron chi connectivity index (χ1n) is 7.02. The quantitative estimate of drug-likeness (QED) is 0.921. The number of rotatable bonds is 5. The van der Waals surface area contributed by atoms with Crippen molar-refractivity contribution in [2.45, 2.75) is 29.4 Å². The van der Waals surface area contributed by atoms with Crippen molar-refractivity contribution in [1.82, 2.24) is 9.88 Å². The second kappa shape index (κ2) is 6.94. The molecule has 2 aromatic rings. The van der Waals surface area contributed by atoms with Crippen molar-refractivity contribution in [2.24, 2.45) is 0 Å². The summed E-state index contributed by atoms with van der Waals surface area (Å²) in [6.07, 6.45) is 1.68. The molecule has 0 aliphatic carbocycles. The highest BCUT2D eigenvalue weighted by Crippen LogP contribution is 2.29. The van der Waals surface area contributed by atoms with Crippen LogP contribution in [0.15, 0.2) is 58.6 Å². The molecule has 1 aromatic carbocycles. The zero-order valence-electron chi connectivity index (χ0n) is 13.0. The molecule has 0 spiro atoms. The minimum Gasteiger partial charge on any atom is -0.389 e. The van der Waals surface area contributed by atoms with Gasteiger partial charge in [0, 0.05) is 24.7 Å². The number of hydrogen-bond donors (Lipinski definition) is 1. The van der Waals surface area contributed by atoms with E-state index in [-0.39, 0.29) is 12.5 Å². The maximum atomic E-state index is 12.6. The van der Waals surface area contributed by atoms with Crippen LogP contribution in [0.25, 0.3) is 0 Å². The first-order valence-corrected chi connectivity index (χ1v) is 7.84. The van der Waals surface area contributed by atoms with E-state index in [0.717, 1.165) is 4.90 Å². The van der Waals surface area contributed by atoms with Gasteiger partial charge < -0.3 is 10.0 Å². The number of amides is 1. The van der Waals surface area contributed by atoms with Crippen LogP contribution in [0.5, 0.6) is 0 Å². The Morgan fingerprint density at radius 2 is 1.91 bits per heavy atom. The average Bonchev–Trinajstić information content (AvgIpc) is 2.46. The van der Waals surface area contributed by atoms with Crippen molar-refractivity contribution >= 4 is 17.7 Å². The molecule has 2 rings (SSSR count). The molecule has 0 atom stereocenters. The Kier molecular flexibility index (Phi) is 5.21. The van der Waals surface area contributed by atoms with E-state index in [4.69, 9.17) is 0 Å². The van der Waals surface area contributed by atoms with Crippen LogP contribution in [0.2, 0.25) is 0 Å². The van der Waals surface area contributed by atoms with Crippen molar-refractivity contribution in [2.75, 3.05) is 13.6 Å².